The Morgan fingerprint density at radius 1 is 1.23 bits per heavy atom. The second-order valence-electron chi connectivity index (χ2n) is 5.77. The number of carbonyl (C=O) groups excluding carboxylic acids is 2. The number of anilines is 1. The Hall–Kier alpha value is -2.57. The van der Waals surface area contributed by atoms with Gasteiger partial charge in [0.2, 0.25) is 0 Å². The molecule has 0 aliphatic heterocycles. The van der Waals surface area contributed by atoms with E-state index in [4.69, 9.17) is 22.1 Å². The van der Waals surface area contributed by atoms with Gasteiger partial charge in [-0.2, -0.15) is 0 Å². The molecule has 0 radical (unpaired) electrons. The van der Waals surface area contributed by atoms with Gasteiger partial charge < -0.3 is 21.1 Å². The van der Waals surface area contributed by atoms with E-state index in [2.05, 4.69) is 10.6 Å². The van der Waals surface area contributed by atoms with Crippen molar-refractivity contribution in [2.24, 2.45) is 5.73 Å². The third kappa shape index (κ3) is 5.21. The highest BCUT2D eigenvalue weighted by atomic mass is 35.5. The molecule has 0 aromatic heterocycles. The van der Waals surface area contributed by atoms with Crippen molar-refractivity contribution in [3.05, 3.63) is 58.6 Å². The standard InChI is InChI=1S/C19H22ClN3O3/c1-12-7-8-15(20)17(11-12)26-13(2)18(24)23-16-6-4-3-5-14(16)19(25)22-10-9-21/h3-8,11,13H,9-10,21H2,1-2H3,(H,22,25)(H,23,24). The number of amides is 2. The summed E-state index contributed by atoms with van der Waals surface area (Å²) in [5.41, 5.74) is 7.13. The fourth-order valence-electron chi connectivity index (χ4n) is 2.25. The first-order valence-electron chi connectivity index (χ1n) is 8.23. The van der Waals surface area contributed by atoms with Crippen LogP contribution in [0, 0.1) is 6.92 Å². The average Bonchev–Trinajstić information content (AvgIpc) is 2.63. The van der Waals surface area contributed by atoms with Gasteiger partial charge in [0.15, 0.2) is 6.10 Å². The number of benzene rings is 2. The van der Waals surface area contributed by atoms with Gasteiger partial charge in [0, 0.05) is 13.1 Å². The Morgan fingerprint density at radius 2 is 1.96 bits per heavy atom. The van der Waals surface area contributed by atoms with E-state index < -0.39 is 6.10 Å². The lowest BCUT2D eigenvalue weighted by molar-refractivity contribution is -0.122. The van der Waals surface area contributed by atoms with Crippen LogP contribution in [0.2, 0.25) is 5.02 Å². The second-order valence-corrected chi connectivity index (χ2v) is 6.18. The third-order valence-electron chi connectivity index (χ3n) is 3.62. The first kappa shape index (κ1) is 19.8. The van der Waals surface area contributed by atoms with E-state index in [9.17, 15) is 9.59 Å². The van der Waals surface area contributed by atoms with Crippen molar-refractivity contribution in [2.75, 3.05) is 18.4 Å². The van der Waals surface area contributed by atoms with Crippen LogP contribution in [0.25, 0.3) is 0 Å². The van der Waals surface area contributed by atoms with E-state index in [-0.39, 0.29) is 11.8 Å². The van der Waals surface area contributed by atoms with E-state index in [1.165, 1.54) is 0 Å². The van der Waals surface area contributed by atoms with Crippen molar-refractivity contribution >= 4 is 29.1 Å². The highest BCUT2D eigenvalue weighted by Gasteiger charge is 2.19. The number of nitrogens with two attached hydrogens (primary N) is 1. The van der Waals surface area contributed by atoms with Crippen molar-refractivity contribution in [3.8, 4) is 5.75 Å². The normalized spacial score (nSPS) is 11.5. The first-order valence-corrected chi connectivity index (χ1v) is 8.61. The van der Waals surface area contributed by atoms with Crippen LogP contribution in [0.15, 0.2) is 42.5 Å². The van der Waals surface area contributed by atoms with Crippen LogP contribution in [0.4, 0.5) is 5.69 Å². The molecule has 0 saturated carbocycles. The maximum Gasteiger partial charge on any atom is 0.265 e. The maximum absolute atomic E-state index is 12.5. The number of ether oxygens (including phenoxy) is 1. The lowest BCUT2D eigenvalue weighted by atomic mass is 10.1. The van der Waals surface area contributed by atoms with Crippen LogP contribution < -0.4 is 21.1 Å². The summed E-state index contributed by atoms with van der Waals surface area (Å²) in [4.78, 5) is 24.7. The van der Waals surface area contributed by atoms with Gasteiger partial charge in [0.05, 0.1) is 16.3 Å². The number of para-hydroxylation sites is 1. The van der Waals surface area contributed by atoms with Gasteiger partial charge >= 0.3 is 0 Å². The summed E-state index contributed by atoms with van der Waals surface area (Å²) in [6.07, 6.45) is -0.797. The minimum absolute atomic E-state index is 0.304. The molecule has 2 aromatic rings. The highest BCUT2D eigenvalue weighted by molar-refractivity contribution is 6.32. The van der Waals surface area contributed by atoms with Crippen molar-refractivity contribution in [2.45, 2.75) is 20.0 Å². The molecule has 1 unspecified atom stereocenters. The number of hydrogen-bond donors (Lipinski definition) is 3. The molecule has 0 fully saturated rings. The monoisotopic (exact) mass is 375 g/mol. The van der Waals surface area contributed by atoms with E-state index in [0.29, 0.717) is 35.1 Å². The summed E-state index contributed by atoms with van der Waals surface area (Å²) >= 11 is 6.10. The van der Waals surface area contributed by atoms with Crippen LogP contribution in [-0.4, -0.2) is 31.0 Å². The van der Waals surface area contributed by atoms with Crippen LogP contribution in [0.1, 0.15) is 22.8 Å². The molecule has 0 saturated heterocycles. The molecule has 7 heteroatoms. The molecule has 2 aromatic carbocycles. The van der Waals surface area contributed by atoms with Gasteiger partial charge in [0.25, 0.3) is 11.8 Å². The van der Waals surface area contributed by atoms with Gasteiger partial charge in [-0.1, -0.05) is 29.8 Å². The molecule has 0 heterocycles. The molecule has 0 spiro atoms. The molecule has 26 heavy (non-hydrogen) atoms. The minimum Gasteiger partial charge on any atom is -0.479 e. The van der Waals surface area contributed by atoms with E-state index in [0.717, 1.165) is 5.56 Å². The van der Waals surface area contributed by atoms with Crippen molar-refractivity contribution < 1.29 is 14.3 Å². The largest absolute Gasteiger partial charge is 0.479 e. The third-order valence-corrected chi connectivity index (χ3v) is 3.93. The predicted octanol–water partition coefficient (Wildman–Crippen LogP) is 2.74. The Labute approximate surface area is 157 Å². The summed E-state index contributed by atoms with van der Waals surface area (Å²) in [5.74, 6) is -0.258. The van der Waals surface area contributed by atoms with Gasteiger partial charge in [0.1, 0.15) is 5.75 Å². The van der Waals surface area contributed by atoms with Crippen LogP contribution in [0.5, 0.6) is 5.75 Å². The summed E-state index contributed by atoms with van der Waals surface area (Å²) in [6.45, 7) is 4.21. The quantitative estimate of drug-likeness (QED) is 0.693. The van der Waals surface area contributed by atoms with Crippen LogP contribution in [-0.2, 0) is 4.79 Å². The maximum atomic E-state index is 12.5. The van der Waals surface area contributed by atoms with Gasteiger partial charge in [-0.15, -0.1) is 0 Å². The molecular formula is C19H22ClN3O3. The Morgan fingerprint density at radius 3 is 2.69 bits per heavy atom. The number of halogens is 1. The zero-order valence-corrected chi connectivity index (χ0v) is 15.5. The lowest BCUT2D eigenvalue weighted by Gasteiger charge is -2.17. The summed E-state index contributed by atoms with van der Waals surface area (Å²) in [5, 5.41) is 5.83. The van der Waals surface area contributed by atoms with Crippen molar-refractivity contribution in [1.29, 1.82) is 0 Å². The molecule has 0 bridgehead atoms. The number of aryl methyl sites for hydroxylation is 1. The summed E-state index contributed by atoms with van der Waals surface area (Å²) in [6, 6.07) is 12.1. The van der Waals surface area contributed by atoms with Crippen molar-refractivity contribution in [1.82, 2.24) is 5.32 Å². The molecule has 2 rings (SSSR count). The zero-order valence-electron chi connectivity index (χ0n) is 14.7. The van der Waals surface area contributed by atoms with Gasteiger partial charge in [-0.3, -0.25) is 9.59 Å². The molecule has 2 amide bonds. The first-order chi connectivity index (χ1) is 12.4. The number of hydrogen-bond acceptors (Lipinski definition) is 4. The molecule has 1 atom stereocenters. The van der Waals surface area contributed by atoms with E-state index in [1.807, 2.05) is 13.0 Å². The fraction of sp³-hybridized carbons (Fsp3) is 0.263. The predicted molar refractivity (Wildman–Crippen MR) is 103 cm³/mol. The minimum atomic E-state index is -0.797. The summed E-state index contributed by atoms with van der Waals surface area (Å²) in [7, 11) is 0. The Balaban J connectivity index is 2.09. The molecule has 0 aliphatic carbocycles. The van der Waals surface area contributed by atoms with Gasteiger partial charge in [-0.25, -0.2) is 0 Å². The molecule has 4 N–H and O–H groups in total. The van der Waals surface area contributed by atoms with Gasteiger partial charge in [-0.05, 0) is 43.7 Å². The number of nitrogens with one attached hydrogen (secondary N) is 2. The molecule has 138 valence electrons. The lowest BCUT2D eigenvalue weighted by Crippen LogP contribution is -2.33. The summed E-state index contributed by atoms with van der Waals surface area (Å²) < 4.78 is 5.66. The Bertz CT molecular complexity index is 795. The molecule has 0 aliphatic rings. The number of rotatable bonds is 7. The van der Waals surface area contributed by atoms with Crippen molar-refractivity contribution in [3.63, 3.8) is 0 Å². The van der Waals surface area contributed by atoms with E-state index >= 15 is 0 Å². The highest BCUT2D eigenvalue weighted by Crippen LogP contribution is 2.26. The Kier molecular flexibility index (Phi) is 7.00. The van der Waals surface area contributed by atoms with Crippen LogP contribution in [0.3, 0.4) is 0 Å². The van der Waals surface area contributed by atoms with Crippen LogP contribution >= 0.6 is 11.6 Å². The SMILES string of the molecule is Cc1ccc(Cl)c(OC(C)C(=O)Nc2ccccc2C(=O)NCCN)c1. The number of carbonyl (C=O) groups is 2. The second kappa shape index (κ2) is 9.22. The zero-order chi connectivity index (χ0) is 19.1. The van der Waals surface area contributed by atoms with E-state index in [1.54, 1.807) is 43.3 Å². The molecule has 6 nitrogen and oxygen atoms in total. The average molecular weight is 376 g/mol. The fourth-order valence-corrected chi connectivity index (χ4v) is 2.41. The smallest absolute Gasteiger partial charge is 0.265 e. The molecular weight excluding hydrogens is 354 g/mol. The topological polar surface area (TPSA) is 93.4 Å².